The van der Waals surface area contributed by atoms with Crippen molar-refractivity contribution in [1.82, 2.24) is 5.32 Å². The molecule has 2 amide bonds. The van der Waals surface area contributed by atoms with Crippen LogP contribution in [-0.4, -0.2) is 24.5 Å². The average Bonchev–Trinajstić information content (AvgIpc) is 2.67. The van der Waals surface area contributed by atoms with Gasteiger partial charge >= 0.3 is 0 Å². The highest BCUT2D eigenvalue weighted by molar-refractivity contribution is 9.10. The molecule has 0 aliphatic rings. The van der Waals surface area contributed by atoms with Crippen molar-refractivity contribution in [1.29, 1.82) is 0 Å². The zero-order valence-electron chi connectivity index (χ0n) is 15.8. The lowest BCUT2D eigenvalue weighted by Gasteiger charge is -2.13. The first-order chi connectivity index (χ1) is 12.9. The minimum Gasteiger partial charge on any atom is -0.493 e. The van der Waals surface area contributed by atoms with Crippen LogP contribution in [0.15, 0.2) is 46.9 Å². The Morgan fingerprint density at radius 2 is 1.89 bits per heavy atom. The van der Waals surface area contributed by atoms with E-state index in [9.17, 15) is 9.59 Å². The van der Waals surface area contributed by atoms with Crippen LogP contribution in [0.2, 0.25) is 0 Å². The van der Waals surface area contributed by atoms with Crippen molar-refractivity contribution in [2.45, 2.75) is 39.7 Å². The van der Waals surface area contributed by atoms with E-state index in [0.717, 1.165) is 17.3 Å². The first kappa shape index (κ1) is 21.0. The molecule has 0 spiro atoms. The maximum absolute atomic E-state index is 12.7. The minimum atomic E-state index is -0.290. The second-order valence-corrected chi connectivity index (χ2v) is 7.22. The van der Waals surface area contributed by atoms with Crippen LogP contribution in [0.4, 0.5) is 5.69 Å². The van der Waals surface area contributed by atoms with E-state index in [0.29, 0.717) is 29.2 Å². The fourth-order valence-corrected chi connectivity index (χ4v) is 2.72. The Kier molecular flexibility index (Phi) is 7.85. The summed E-state index contributed by atoms with van der Waals surface area (Å²) in [6, 6.07) is 12.3. The van der Waals surface area contributed by atoms with Crippen LogP contribution < -0.4 is 15.4 Å². The number of ether oxygens (including phenoxy) is 1. The van der Waals surface area contributed by atoms with Crippen LogP contribution in [0, 0.1) is 0 Å². The van der Waals surface area contributed by atoms with Crippen LogP contribution >= 0.6 is 15.9 Å². The number of rotatable bonds is 8. The molecule has 0 bridgehead atoms. The molecule has 2 aromatic rings. The Bertz CT molecular complexity index is 808. The average molecular weight is 433 g/mol. The highest BCUT2D eigenvalue weighted by atomic mass is 79.9. The third-order valence-electron chi connectivity index (χ3n) is 4.02. The molecule has 27 heavy (non-hydrogen) atoms. The van der Waals surface area contributed by atoms with Gasteiger partial charge in [-0.05, 0) is 56.2 Å². The Balaban J connectivity index is 2.18. The summed E-state index contributed by atoms with van der Waals surface area (Å²) in [5.41, 5.74) is 1.50. The van der Waals surface area contributed by atoms with Crippen LogP contribution in [-0.2, 0) is 0 Å². The molecule has 0 radical (unpaired) electrons. The Labute approximate surface area is 168 Å². The van der Waals surface area contributed by atoms with Gasteiger partial charge in [0.2, 0.25) is 0 Å². The molecule has 0 saturated heterocycles. The number of carbonyl (C=O) groups excluding carboxylic acids is 2. The standard InChI is InChI=1S/C21H25BrN2O3/c1-4-11-27-19-10-9-16(22)13-18(19)21(26)24-17-8-6-7-15(12-17)20(25)23-14(3)5-2/h6-10,12-14H,4-5,11H2,1-3H3,(H,23,25)(H,24,26). The maximum Gasteiger partial charge on any atom is 0.259 e. The fraction of sp³-hybridized carbons (Fsp3) is 0.333. The van der Waals surface area contributed by atoms with E-state index in [1.54, 1.807) is 36.4 Å². The molecule has 0 aromatic heterocycles. The third kappa shape index (κ3) is 6.10. The van der Waals surface area contributed by atoms with Crippen LogP contribution in [0.5, 0.6) is 5.75 Å². The van der Waals surface area contributed by atoms with Gasteiger partial charge in [-0.25, -0.2) is 0 Å². The number of amides is 2. The number of anilines is 1. The second-order valence-electron chi connectivity index (χ2n) is 6.31. The zero-order valence-corrected chi connectivity index (χ0v) is 17.4. The van der Waals surface area contributed by atoms with Crippen LogP contribution in [0.25, 0.3) is 0 Å². The largest absolute Gasteiger partial charge is 0.493 e. The lowest BCUT2D eigenvalue weighted by Crippen LogP contribution is -2.31. The van der Waals surface area contributed by atoms with Gasteiger partial charge in [-0.3, -0.25) is 9.59 Å². The van der Waals surface area contributed by atoms with Gasteiger partial charge in [-0.15, -0.1) is 0 Å². The van der Waals surface area contributed by atoms with E-state index in [1.165, 1.54) is 0 Å². The molecule has 1 atom stereocenters. The molecular formula is C21H25BrN2O3. The van der Waals surface area contributed by atoms with E-state index in [1.807, 2.05) is 26.8 Å². The van der Waals surface area contributed by atoms with Gasteiger partial charge in [-0.2, -0.15) is 0 Å². The highest BCUT2D eigenvalue weighted by Crippen LogP contribution is 2.25. The molecule has 144 valence electrons. The first-order valence-corrected chi connectivity index (χ1v) is 9.88. The van der Waals surface area contributed by atoms with E-state index in [4.69, 9.17) is 4.74 Å². The number of benzene rings is 2. The molecule has 5 nitrogen and oxygen atoms in total. The summed E-state index contributed by atoms with van der Waals surface area (Å²) in [5, 5.41) is 5.77. The quantitative estimate of drug-likeness (QED) is 0.615. The molecule has 0 saturated carbocycles. The monoisotopic (exact) mass is 432 g/mol. The fourth-order valence-electron chi connectivity index (χ4n) is 2.36. The summed E-state index contributed by atoms with van der Waals surface area (Å²) in [6.07, 6.45) is 1.70. The number of hydrogen-bond donors (Lipinski definition) is 2. The van der Waals surface area contributed by atoms with Gasteiger partial charge in [-0.1, -0.05) is 35.8 Å². The van der Waals surface area contributed by atoms with Crippen molar-refractivity contribution in [2.24, 2.45) is 0 Å². The van der Waals surface area contributed by atoms with Crippen molar-refractivity contribution < 1.29 is 14.3 Å². The summed E-state index contributed by atoms with van der Waals surface area (Å²) in [7, 11) is 0. The second kappa shape index (κ2) is 10.1. The molecule has 0 heterocycles. The van der Waals surface area contributed by atoms with Gasteiger partial charge in [0, 0.05) is 21.8 Å². The van der Waals surface area contributed by atoms with Crippen molar-refractivity contribution in [3.05, 3.63) is 58.1 Å². The van der Waals surface area contributed by atoms with Crippen LogP contribution in [0.3, 0.4) is 0 Å². The van der Waals surface area contributed by atoms with Gasteiger partial charge in [0.05, 0.1) is 12.2 Å². The smallest absolute Gasteiger partial charge is 0.259 e. The molecule has 0 fully saturated rings. The Morgan fingerprint density at radius 3 is 2.59 bits per heavy atom. The lowest BCUT2D eigenvalue weighted by molar-refractivity contribution is 0.0938. The molecular weight excluding hydrogens is 408 g/mol. The lowest BCUT2D eigenvalue weighted by atomic mass is 10.1. The number of halogens is 1. The summed E-state index contributed by atoms with van der Waals surface area (Å²) in [4.78, 5) is 25.0. The normalized spacial score (nSPS) is 11.6. The van der Waals surface area contributed by atoms with E-state index < -0.39 is 0 Å². The van der Waals surface area contributed by atoms with Gasteiger partial charge in [0.25, 0.3) is 11.8 Å². The minimum absolute atomic E-state index is 0.0932. The topological polar surface area (TPSA) is 67.4 Å². The molecule has 2 rings (SSSR count). The summed E-state index contributed by atoms with van der Waals surface area (Å²) in [6.45, 7) is 6.51. The van der Waals surface area contributed by atoms with Crippen LogP contribution in [0.1, 0.15) is 54.3 Å². The Morgan fingerprint density at radius 1 is 1.11 bits per heavy atom. The van der Waals surface area contributed by atoms with Crippen molar-refractivity contribution in [3.63, 3.8) is 0 Å². The van der Waals surface area contributed by atoms with Gasteiger partial charge < -0.3 is 15.4 Å². The zero-order chi connectivity index (χ0) is 19.8. The van der Waals surface area contributed by atoms with E-state index in [-0.39, 0.29) is 17.9 Å². The highest BCUT2D eigenvalue weighted by Gasteiger charge is 2.15. The predicted molar refractivity (Wildman–Crippen MR) is 112 cm³/mol. The van der Waals surface area contributed by atoms with Crippen molar-refractivity contribution >= 4 is 33.4 Å². The summed E-state index contributed by atoms with van der Waals surface area (Å²) >= 11 is 3.39. The third-order valence-corrected chi connectivity index (χ3v) is 4.51. The molecule has 1 unspecified atom stereocenters. The SMILES string of the molecule is CCCOc1ccc(Br)cc1C(=O)Nc1cccc(C(=O)NC(C)CC)c1. The molecule has 0 aliphatic heterocycles. The van der Waals surface area contributed by atoms with E-state index in [2.05, 4.69) is 26.6 Å². The molecule has 2 N–H and O–H groups in total. The first-order valence-electron chi connectivity index (χ1n) is 9.09. The maximum atomic E-state index is 12.7. The molecule has 2 aromatic carbocycles. The Hall–Kier alpha value is -2.34. The number of hydrogen-bond acceptors (Lipinski definition) is 3. The predicted octanol–water partition coefficient (Wildman–Crippen LogP) is 5.02. The van der Waals surface area contributed by atoms with Crippen molar-refractivity contribution in [3.8, 4) is 5.75 Å². The summed E-state index contributed by atoms with van der Waals surface area (Å²) in [5.74, 6) is 0.0833. The number of nitrogens with one attached hydrogen (secondary N) is 2. The number of carbonyl (C=O) groups is 2. The molecule has 0 aliphatic carbocycles. The van der Waals surface area contributed by atoms with Crippen molar-refractivity contribution in [2.75, 3.05) is 11.9 Å². The molecule has 6 heteroatoms. The van der Waals surface area contributed by atoms with E-state index >= 15 is 0 Å². The van der Waals surface area contributed by atoms with Gasteiger partial charge in [0.15, 0.2) is 0 Å². The summed E-state index contributed by atoms with van der Waals surface area (Å²) < 4.78 is 6.46. The van der Waals surface area contributed by atoms with Gasteiger partial charge in [0.1, 0.15) is 5.75 Å².